The summed E-state index contributed by atoms with van der Waals surface area (Å²) in [7, 11) is 0. The summed E-state index contributed by atoms with van der Waals surface area (Å²) in [6.45, 7) is 1.83. The number of aliphatic hydroxyl groups excluding tert-OH is 1. The van der Waals surface area contributed by atoms with Crippen molar-refractivity contribution in [1.29, 1.82) is 0 Å². The summed E-state index contributed by atoms with van der Waals surface area (Å²) < 4.78 is 6.78. The van der Waals surface area contributed by atoms with Gasteiger partial charge in [0, 0.05) is 47.3 Å². The van der Waals surface area contributed by atoms with Crippen LogP contribution in [0.5, 0.6) is 5.75 Å². The lowest BCUT2D eigenvalue weighted by atomic mass is 9.83. The number of aromatic amines is 1. The summed E-state index contributed by atoms with van der Waals surface area (Å²) in [6.07, 6.45) is 10.8. The van der Waals surface area contributed by atoms with Crippen LogP contribution in [0.25, 0.3) is 10.9 Å². The molecule has 0 bridgehead atoms. The van der Waals surface area contributed by atoms with Crippen molar-refractivity contribution in [3.8, 4) is 5.75 Å². The normalized spacial score (nSPS) is 16.8. The summed E-state index contributed by atoms with van der Waals surface area (Å²) in [4.78, 5) is 10.1. The highest BCUT2D eigenvalue weighted by atomic mass is 16.5. The van der Waals surface area contributed by atoms with Gasteiger partial charge in [-0.05, 0) is 68.0 Å². The minimum Gasteiger partial charge on any atom is -0.483 e. The van der Waals surface area contributed by atoms with Gasteiger partial charge in [0.2, 0.25) is 0 Å². The molecular weight excluding hydrogens is 436 g/mol. The molecule has 1 aliphatic carbocycles. The molecular formula is C29H32N4O2. The quantitative estimate of drug-likeness (QED) is 0.326. The largest absolute Gasteiger partial charge is 0.483 e. The summed E-state index contributed by atoms with van der Waals surface area (Å²) in [5.41, 5.74) is 6.15. The molecule has 0 unspecified atom stereocenters. The van der Waals surface area contributed by atoms with Gasteiger partial charge in [-0.3, -0.25) is 4.98 Å². The predicted octanol–water partition coefficient (Wildman–Crippen LogP) is 5.94. The molecule has 0 atom stereocenters. The van der Waals surface area contributed by atoms with E-state index < -0.39 is 0 Å². The van der Waals surface area contributed by atoms with Crippen molar-refractivity contribution in [2.24, 2.45) is 0 Å². The molecule has 4 aromatic rings. The van der Waals surface area contributed by atoms with E-state index in [0.29, 0.717) is 5.69 Å². The number of H-pyrrole nitrogens is 1. The first-order chi connectivity index (χ1) is 17.2. The van der Waals surface area contributed by atoms with Gasteiger partial charge in [0.25, 0.3) is 0 Å². The van der Waals surface area contributed by atoms with E-state index in [0.717, 1.165) is 55.2 Å². The Kier molecular flexibility index (Phi) is 5.82. The highest BCUT2D eigenvalue weighted by molar-refractivity contribution is 5.83. The molecule has 2 aliphatic rings. The zero-order chi connectivity index (χ0) is 23.7. The molecule has 1 aliphatic heterocycles. The van der Waals surface area contributed by atoms with Gasteiger partial charge in [0.1, 0.15) is 11.4 Å². The van der Waals surface area contributed by atoms with Gasteiger partial charge in [0.15, 0.2) is 0 Å². The fraction of sp³-hybridized carbons (Fsp3) is 0.345. The average Bonchev–Trinajstić information content (AvgIpc) is 3.31. The number of nitrogens with one attached hydrogen (secondary N) is 2. The van der Waals surface area contributed by atoms with Crippen molar-refractivity contribution < 1.29 is 9.84 Å². The van der Waals surface area contributed by atoms with E-state index in [1.807, 2.05) is 12.1 Å². The van der Waals surface area contributed by atoms with Crippen LogP contribution in [-0.2, 0) is 13.0 Å². The third-order valence-corrected chi connectivity index (χ3v) is 7.46. The van der Waals surface area contributed by atoms with Crippen LogP contribution >= 0.6 is 0 Å². The molecule has 0 saturated heterocycles. The predicted molar refractivity (Wildman–Crippen MR) is 141 cm³/mol. The highest BCUT2D eigenvalue weighted by Gasteiger charge is 2.40. The summed E-state index contributed by atoms with van der Waals surface area (Å²) in [6, 6.07) is 18.7. The number of hydrogen-bond acceptors (Lipinski definition) is 5. The van der Waals surface area contributed by atoms with Crippen LogP contribution in [0.1, 0.15) is 43.4 Å². The molecule has 35 heavy (non-hydrogen) atoms. The maximum atomic E-state index is 9.42. The molecule has 6 heteroatoms. The molecule has 3 heterocycles. The molecule has 6 nitrogen and oxygen atoms in total. The van der Waals surface area contributed by atoms with Crippen molar-refractivity contribution in [1.82, 2.24) is 9.97 Å². The minimum absolute atomic E-state index is 0.0727. The van der Waals surface area contributed by atoms with Crippen molar-refractivity contribution in [2.45, 2.75) is 50.7 Å². The van der Waals surface area contributed by atoms with Gasteiger partial charge in [-0.2, -0.15) is 0 Å². The Labute approximate surface area is 206 Å². The van der Waals surface area contributed by atoms with Crippen LogP contribution in [0.15, 0.2) is 67.0 Å². The number of rotatable bonds is 6. The van der Waals surface area contributed by atoms with Crippen molar-refractivity contribution in [3.05, 3.63) is 78.2 Å². The summed E-state index contributed by atoms with van der Waals surface area (Å²) in [5.74, 6) is 0.957. The number of pyridine rings is 1. The molecule has 2 aromatic heterocycles. The number of benzene rings is 2. The molecule has 1 saturated carbocycles. The molecule has 180 valence electrons. The average molecular weight is 469 g/mol. The number of anilines is 3. The van der Waals surface area contributed by atoms with Gasteiger partial charge >= 0.3 is 0 Å². The van der Waals surface area contributed by atoms with Gasteiger partial charge in [-0.1, -0.05) is 24.6 Å². The van der Waals surface area contributed by atoms with E-state index in [4.69, 9.17) is 4.74 Å². The standard InChI is InChI=1S/C29H32N4O2/c34-19-24-16-23(10-14-30-24)32-22-8-9-27-28(17-22)35-29(12-4-1-5-13-29)20-33(27)15-11-21-18-31-26-7-3-2-6-25(21)26/h2-3,6-10,14,16-18,31,34H,1,4-5,11-13,15,19-20H2,(H,30,32). The molecule has 0 radical (unpaired) electrons. The van der Waals surface area contributed by atoms with Gasteiger partial charge in [0.05, 0.1) is 24.5 Å². The Balaban J connectivity index is 1.28. The van der Waals surface area contributed by atoms with Gasteiger partial charge in [-0.25, -0.2) is 0 Å². The van der Waals surface area contributed by atoms with E-state index in [2.05, 4.69) is 68.8 Å². The second-order valence-corrected chi connectivity index (χ2v) is 9.88. The van der Waals surface area contributed by atoms with Crippen LogP contribution in [0, 0.1) is 0 Å². The lowest BCUT2D eigenvalue weighted by molar-refractivity contribution is 0.0286. The highest BCUT2D eigenvalue weighted by Crippen LogP contribution is 2.44. The van der Waals surface area contributed by atoms with E-state index in [9.17, 15) is 5.11 Å². The molecule has 6 rings (SSSR count). The number of hydrogen-bond donors (Lipinski definition) is 3. The van der Waals surface area contributed by atoms with Crippen LogP contribution in [0.2, 0.25) is 0 Å². The van der Waals surface area contributed by atoms with Crippen molar-refractivity contribution >= 4 is 28.0 Å². The molecule has 2 aromatic carbocycles. The zero-order valence-corrected chi connectivity index (χ0v) is 20.0. The number of ether oxygens (including phenoxy) is 1. The third kappa shape index (κ3) is 4.46. The van der Waals surface area contributed by atoms with E-state index in [1.165, 1.54) is 35.7 Å². The molecule has 1 spiro atoms. The Bertz CT molecular complexity index is 1330. The summed E-state index contributed by atoms with van der Waals surface area (Å²) in [5, 5.41) is 14.2. The first-order valence-corrected chi connectivity index (χ1v) is 12.7. The maximum absolute atomic E-state index is 9.42. The topological polar surface area (TPSA) is 73.4 Å². The fourth-order valence-corrected chi connectivity index (χ4v) is 5.69. The minimum atomic E-state index is -0.106. The number of nitrogens with zero attached hydrogens (tertiary/aromatic N) is 2. The molecule has 3 N–H and O–H groups in total. The second-order valence-electron chi connectivity index (χ2n) is 9.88. The maximum Gasteiger partial charge on any atom is 0.145 e. The summed E-state index contributed by atoms with van der Waals surface area (Å²) >= 11 is 0. The SMILES string of the molecule is OCc1cc(Nc2ccc3c(c2)OC2(CCCCC2)CN3CCc2c[nH]c3ccccc23)ccn1. The van der Waals surface area contributed by atoms with E-state index >= 15 is 0 Å². The fourth-order valence-electron chi connectivity index (χ4n) is 5.69. The van der Waals surface area contributed by atoms with Crippen molar-refractivity contribution in [2.75, 3.05) is 23.3 Å². The van der Waals surface area contributed by atoms with E-state index in [1.54, 1.807) is 6.20 Å². The van der Waals surface area contributed by atoms with Gasteiger partial charge in [-0.15, -0.1) is 0 Å². The van der Waals surface area contributed by atoms with Crippen LogP contribution in [0.3, 0.4) is 0 Å². The Morgan fingerprint density at radius 2 is 1.89 bits per heavy atom. The smallest absolute Gasteiger partial charge is 0.145 e. The number of aromatic nitrogens is 2. The molecule has 0 amide bonds. The first-order valence-electron chi connectivity index (χ1n) is 12.7. The second kappa shape index (κ2) is 9.27. The Hall–Kier alpha value is -3.51. The zero-order valence-electron chi connectivity index (χ0n) is 20.0. The first kappa shape index (κ1) is 22.0. The number of aliphatic hydroxyl groups is 1. The van der Waals surface area contributed by atoms with Crippen LogP contribution in [-0.4, -0.2) is 33.8 Å². The monoisotopic (exact) mass is 468 g/mol. The van der Waals surface area contributed by atoms with Crippen LogP contribution < -0.4 is 15.0 Å². The van der Waals surface area contributed by atoms with Crippen LogP contribution in [0.4, 0.5) is 17.1 Å². The third-order valence-electron chi connectivity index (χ3n) is 7.46. The number of fused-ring (bicyclic) bond motifs is 2. The van der Waals surface area contributed by atoms with Crippen molar-refractivity contribution in [3.63, 3.8) is 0 Å². The van der Waals surface area contributed by atoms with E-state index in [-0.39, 0.29) is 12.2 Å². The van der Waals surface area contributed by atoms with Gasteiger partial charge < -0.3 is 25.0 Å². The lowest BCUT2D eigenvalue weighted by Crippen LogP contribution is -2.52. The molecule has 1 fully saturated rings. The number of para-hydroxylation sites is 1. The Morgan fingerprint density at radius 3 is 2.77 bits per heavy atom. The Morgan fingerprint density at radius 1 is 1.03 bits per heavy atom. The lowest BCUT2D eigenvalue weighted by Gasteiger charge is -2.46.